The second-order valence-corrected chi connectivity index (χ2v) is 11.4. The van der Waals surface area contributed by atoms with Crippen LogP contribution in [0.3, 0.4) is 0 Å². The van der Waals surface area contributed by atoms with Gasteiger partial charge in [0.1, 0.15) is 0 Å². The van der Waals surface area contributed by atoms with Gasteiger partial charge in [0.2, 0.25) is 0 Å². The fraction of sp³-hybridized carbons (Fsp3) is 1.00. The molecule has 0 aromatic heterocycles. The fourth-order valence-electron chi connectivity index (χ4n) is 2.18. The molecule has 4 aliphatic rings. The third-order valence-corrected chi connectivity index (χ3v) is 11.6. The number of hydrogen-bond acceptors (Lipinski definition) is 9. The Morgan fingerprint density at radius 2 is 0.667 bits per heavy atom. The Labute approximate surface area is 123 Å². The fourth-order valence-corrected chi connectivity index (χ4v) is 11.9. The Hall–Kier alpha value is 0.450. The summed E-state index contributed by atoms with van der Waals surface area (Å²) in [6.07, 6.45) is 2.47. The molecule has 3 spiro atoms. The van der Waals surface area contributed by atoms with Crippen LogP contribution in [-0.2, 0) is 27.1 Å². The molecule has 4 aliphatic heterocycles. The highest BCUT2D eigenvalue weighted by atomic mass is 31.3. The molecule has 3 fully saturated rings. The number of nitrogens with zero attached hydrogens (tertiary/aromatic N) is 3. The third-order valence-electron chi connectivity index (χ3n) is 3.10. The summed E-state index contributed by atoms with van der Waals surface area (Å²) in [5.74, 6) is 0. The van der Waals surface area contributed by atoms with Gasteiger partial charge in [-0.05, 0) is 19.3 Å². The number of hydrogen-bond donors (Lipinski definition) is 0. The van der Waals surface area contributed by atoms with Crippen molar-refractivity contribution in [1.29, 1.82) is 0 Å². The first-order valence-corrected chi connectivity index (χ1v) is 11.6. The molecule has 0 bridgehead atoms. The second kappa shape index (κ2) is 5.82. The topological polar surface area (TPSA) is 92.5 Å². The van der Waals surface area contributed by atoms with Gasteiger partial charge in [0.15, 0.2) is 0 Å². The predicted molar refractivity (Wildman–Crippen MR) is 77.6 cm³/mol. The van der Waals surface area contributed by atoms with E-state index in [1.165, 1.54) is 0 Å². The second-order valence-electron chi connectivity index (χ2n) is 4.80. The van der Waals surface area contributed by atoms with Crippen LogP contribution < -0.4 is 0 Å². The van der Waals surface area contributed by atoms with Crippen LogP contribution in [0.4, 0.5) is 0 Å². The zero-order chi connectivity index (χ0) is 14.2. The maximum Gasteiger partial charge on any atom is 0.349 e. The van der Waals surface area contributed by atoms with Crippen molar-refractivity contribution in [3.05, 3.63) is 0 Å². The Balaban J connectivity index is 1.84. The van der Waals surface area contributed by atoms with Crippen LogP contribution in [-0.4, -0.2) is 39.6 Å². The third kappa shape index (κ3) is 2.97. The minimum atomic E-state index is -2.80. The van der Waals surface area contributed by atoms with E-state index in [9.17, 15) is 0 Å². The van der Waals surface area contributed by atoms with Gasteiger partial charge in [-0.15, -0.1) is 13.5 Å². The quantitative estimate of drug-likeness (QED) is 0.605. The van der Waals surface area contributed by atoms with Gasteiger partial charge in [-0.25, -0.2) is 0 Å². The maximum absolute atomic E-state index is 5.79. The van der Waals surface area contributed by atoms with Crippen molar-refractivity contribution >= 4 is 23.0 Å². The summed E-state index contributed by atoms with van der Waals surface area (Å²) in [5, 5.41) is 0. The molecular weight excluding hydrogens is 339 g/mol. The molecule has 9 nitrogen and oxygen atoms in total. The highest BCUT2D eigenvalue weighted by Crippen LogP contribution is 2.81. The van der Waals surface area contributed by atoms with Crippen molar-refractivity contribution in [3.63, 3.8) is 0 Å². The zero-order valence-electron chi connectivity index (χ0n) is 11.5. The highest BCUT2D eigenvalue weighted by molar-refractivity contribution is 7.78. The summed E-state index contributed by atoms with van der Waals surface area (Å²) in [6.45, 7) is 3.34. The van der Waals surface area contributed by atoms with Crippen LogP contribution in [0.15, 0.2) is 13.5 Å². The lowest BCUT2D eigenvalue weighted by atomic mass is 10.5. The maximum atomic E-state index is 5.79. The van der Waals surface area contributed by atoms with Crippen LogP contribution in [0.5, 0.6) is 0 Å². The van der Waals surface area contributed by atoms with Gasteiger partial charge in [0.05, 0.1) is 39.6 Å². The summed E-state index contributed by atoms with van der Waals surface area (Å²) in [6, 6.07) is 0. The zero-order valence-corrected chi connectivity index (χ0v) is 14.2. The van der Waals surface area contributed by atoms with Crippen LogP contribution in [0, 0.1) is 0 Å². The van der Waals surface area contributed by atoms with E-state index < -0.39 is 23.0 Å². The molecule has 0 saturated carbocycles. The molecule has 0 aromatic carbocycles. The normalized spacial score (nSPS) is 33.1. The first-order valence-electron chi connectivity index (χ1n) is 7.03. The molecule has 0 aliphatic carbocycles. The monoisotopic (exact) mass is 357 g/mol. The first kappa shape index (κ1) is 15.0. The largest absolute Gasteiger partial charge is 0.349 e. The highest BCUT2D eigenvalue weighted by Gasteiger charge is 2.45. The van der Waals surface area contributed by atoms with Gasteiger partial charge in [0.25, 0.3) is 0 Å². The lowest BCUT2D eigenvalue weighted by Gasteiger charge is -2.36. The predicted octanol–water partition coefficient (Wildman–Crippen LogP) is 4.15. The van der Waals surface area contributed by atoms with E-state index in [2.05, 4.69) is 13.5 Å². The molecule has 0 aromatic rings. The lowest BCUT2D eigenvalue weighted by Crippen LogP contribution is -2.14. The lowest BCUT2D eigenvalue weighted by molar-refractivity contribution is 0.152. The molecule has 120 valence electrons. The molecule has 4 rings (SSSR count). The Morgan fingerprint density at radius 3 is 0.905 bits per heavy atom. The molecule has 0 N–H and O–H groups in total. The molecular formula is C9H18N3O6P3. The van der Waals surface area contributed by atoms with Gasteiger partial charge in [-0.2, -0.15) is 0 Å². The molecule has 4 heterocycles. The summed E-state index contributed by atoms with van der Waals surface area (Å²) < 4.78 is 48.5. The molecule has 0 amide bonds. The van der Waals surface area contributed by atoms with E-state index in [0.717, 1.165) is 19.3 Å². The van der Waals surface area contributed by atoms with Crippen molar-refractivity contribution in [1.82, 2.24) is 0 Å². The Morgan fingerprint density at radius 1 is 0.429 bits per heavy atom. The van der Waals surface area contributed by atoms with Gasteiger partial charge in [-0.3, -0.25) is 0 Å². The van der Waals surface area contributed by atoms with E-state index in [1.807, 2.05) is 0 Å². The molecule has 0 atom stereocenters. The average molecular weight is 357 g/mol. The standard InChI is InChI=1S/C9H18N3O6P3/c1-4-13-19(14-5-1)10-20(15-6-2-7-16-20)12-21(11-19)17-8-3-9-18-21/h1-9H2. The van der Waals surface area contributed by atoms with Crippen molar-refractivity contribution in [2.45, 2.75) is 19.3 Å². The van der Waals surface area contributed by atoms with E-state index in [0.29, 0.717) is 39.6 Å². The molecule has 0 radical (unpaired) electrons. The number of rotatable bonds is 0. The van der Waals surface area contributed by atoms with Crippen molar-refractivity contribution in [3.8, 4) is 0 Å². The smallest absolute Gasteiger partial charge is 0.306 e. The van der Waals surface area contributed by atoms with Crippen molar-refractivity contribution < 1.29 is 27.1 Å². The van der Waals surface area contributed by atoms with E-state index in [1.54, 1.807) is 0 Å². The minimum absolute atomic E-state index is 0.556. The molecule has 21 heavy (non-hydrogen) atoms. The van der Waals surface area contributed by atoms with Crippen molar-refractivity contribution in [2.24, 2.45) is 13.5 Å². The molecule has 0 unspecified atom stereocenters. The first-order chi connectivity index (χ1) is 10.2. The minimum Gasteiger partial charge on any atom is -0.306 e. The van der Waals surface area contributed by atoms with E-state index in [-0.39, 0.29) is 0 Å². The van der Waals surface area contributed by atoms with Crippen LogP contribution in [0.1, 0.15) is 19.3 Å². The Bertz CT molecular complexity index is 466. The summed E-state index contributed by atoms with van der Waals surface area (Å²) in [4.78, 5) is 0. The van der Waals surface area contributed by atoms with Crippen molar-refractivity contribution in [2.75, 3.05) is 39.6 Å². The van der Waals surface area contributed by atoms with E-state index >= 15 is 0 Å². The average Bonchev–Trinajstić information content (AvgIpc) is 2.48. The SMILES string of the molecule is C1COP2(=NP3(=NP4(=N2)OCCCO4)OCCCO3)OC1. The van der Waals surface area contributed by atoms with E-state index in [4.69, 9.17) is 27.1 Å². The van der Waals surface area contributed by atoms with Gasteiger partial charge in [0, 0.05) is 0 Å². The van der Waals surface area contributed by atoms with Crippen LogP contribution >= 0.6 is 23.0 Å². The summed E-state index contributed by atoms with van der Waals surface area (Å²) in [5.41, 5.74) is 0. The van der Waals surface area contributed by atoms with Gasteiger partial charge in [-0.1, -0.05) is 0 Å². The van der Waals surface area contributed by atoms with Crippen LogP contribution in [0.25, 0.3) is 0 Å². The van der Waals surface area contributed by atoms with Gasteiger partial charge < -0.3 is 27.1 Å². The van der Waals surface area contributed by atoms with Gasteiger partial charge >= 0.3 is 23.0 Å². The summed E-state index contributed by atoms with van der Waals surface area (Å²) >= 11 is 0. The molecule has 3 saturated heterocycles. The molecule has 12 heteroatoms. The van der Waals surface area contributed by atoms with Crippen LogP contribution in [0.2, 0.25) is 0 Å². The Kier molecular flexibility index (Phi) is 4.16. The summed E-state index contributed by atoms with van der Waals surface area (Å²) in [7, 11) is -8.39.